The van der Waals surface area contributed by atoms with Gasteiger partial charge in [-0.25, -0.2) is 0 Å². The highest BCUT2D eigenvalue weighted by Crippen LogP contribution is 2.34. The van der Waals surface area contributed by atoms with Crippen LogP contribution in [0.4, 0.5) is 17.1 Å². The molecule has 2 amide bonds. The first-order chi connectivity index (χ1) is 13.4. The van der Waals surface area contributed by atoms with Crippen molar-refractivity contribution >= 4 is 40.5 Å². The number of nitrogens with one attached hydrogen (secondary N) is 2. The third kappa shape index (κ3) is 4.22. The molecule has 2 aromatic rings. The topological polar surface area (TPSA) is 70.7 Å². The van der Waals surface area contributed by atoms with Crippen LogP contribution in [0.3, 0.4) is 0 Å². The lowest BCUT2D eigenvalue weighted by Crippen LogP contribution is -2.32. The van der Waals surface area contributed by atoms with E-state index in [2.05, 4.69) is 10.6 Å². The number of rotatable bonds is 6. The molecule has 1 aliphatic rings. The van der Waals surface area contributed by atoms with Crippen LogP contribution < -0.4 is 20.3 Å². The van der Waals surface area contributed by atoms with Crippen molar-refractivity contribution in [1.29, 1.82) is 0 Å². The van der Waals surface area contributed by atoms with Gasteiger partial charge in [0, 0.05) is 35.4 Å². The Morgan fingerprint density at radius 1 is 1.29 bits per heavy atom. The molecule has 0 aliphatic carbocycles. The lowest BCUT2D eigenvalue weighted by molar-refractivity contribution is -0.117. The average molecular weight is 402 g/mol. The van der Waals surface area contributed by atoms with Crippen molar-refractivity contribution in [2.75, 3.05) is 29.2 Å². The van der Waals surface area contributed by atoms with Gasteiger partial charge in [0.05, 0.1) is 12.8 Å². The van der Waals surface area contributed by atoms with Gasteiger partial charge in [0.2, 0.25) is 11.8 Å². The largest absolute Gasteiger partial charge is 0.494 e. The molecule has 1 fully saturated rings. The van der Waals surface area contributed by atoms with E-state index in [9.17, 15) is 9.59 Å². The minimum Gasteiger partial charge on any atom is -0.494 e. The molecule has 1 atom stereocenters. The summed E-state index contributed by atoms with van der Waals surface area (Å²) in [5, 5.41) is 6.67. The van der Waals surface area contributed by atoms with Gasteiger partial charge in [-0.15, -0.1) is 0 Å². The van der Waals surface area contributed by atoms with Gasteiger partial charge in [0.25, 0.3) is 0 Å². The maximum absolute atomic E-state index is 12.6. The molecule has 0 spiro atoms. The van der Waals surface area contributed by atoms with Crippen molar-refractivity contribution in [3.8, 4) is 5.75 Å². The summed E-state index contributed by atoms with van der Waals surface area (Å²) in [7, 11) is 1.57. The molecule has 0 aromatic heterocycles. The van der Waals surface area contributed by atoms with Crippen LogP contribution in [-0.2, 0) is 9.59 Å². The molecular weight excluding hydrogens is 378 g/mol. The summed E-state index contributed by atoms with van der Waals surface area (Å²) in [6, 6.07) is 10.4. The summed E-state index contributed by atoms with van der Waals surface area (Å²) < 4.78 is 5.46. The van der Waals surface area contributed by atoms with Gasteiger partial charge in [-0.05, 0) is 50.1 Å². The molecule has 6 nitrogen and oxygen atoms in total. The number of amides is 2. The van der Waals surface area contributed by atoms with Gasteiger partial charge < -0.3 is 20.3 Å². The minimum atomic E-state index is -0.484. The number of halogens is 1. The number of hydrogen-bond donors (Lipinski definition) is 2. The SMILES string of the molecule is COc1cc(N[C@@H](C)C(=O)Nc2cccc(Cl)c2C)ccc1N1CCCC1=O. The molecule has 1 heterocycles. The number of carbonyl (C=O) groups excluding carboxylic acids is 2. The molecule has 0 unspecified atom stereocenters. The predicted octanol–water partition coefficient (Wildman–Crippen LogP) is 4.22. The Morgan fingerprint density at radius 3 is 2.75 bits per heavy atom. The highest BCUT2D eigenvalue weighted by Gasteiger charge is 2.25. The second kappa shape index (κ2) is 8.52. The van der Waals surface area contributed by atoms with Crippen molar-refractivity contribution in [3.05, 3.63) is 47.0 Å². The summed E-state index contributed by atoms with van der Waals surface area (Å²) in [6.45, 7) is 4.33. The van der Waals surface area contributed by atoms with Crippen LogP contribution in [0.25, 0.3) is 0 Å². The Labute approximate surface area is 169 Å². The smallest absolute Gasteiger partial charge is 0.246 e. The first-order valence-electron chi connectivity index (χ1n) is 9.21. The van der Waals surface area contributed by atoms with Crippen molar-refractivity contribution in [2.24, 2.45) is 0 Å². The summed E-state index contributed by atoms with van der Waals surface area (Å²) in [4.78, 5) is 26.3. The molecular formula is C21H24ClN3O3. The zero-order valence-electron chi connectivity index (χ0n) is 16.2. The summed E-state index contributed by atoms with van der Waals surface area (Å²) in [5.74, 6) is 0.519. The number of methoxy groups -OCH3 is 1. The monoisotopic (exact) mass is 401 g/mol. The number of hydrogen-bond acceptors (Lipinski definition) is 4. The van der Waals surface area contributed by atoms with Gasteiger partial charge in [0.15, 0.2) is 0 Å². The molecule has 1 aliphatic heterocycles. The number of nitrogens with zero attached hydrogens (tertiary/aromatic N) is 1. The fraction of sp³-hybridized carbons (Fsp3) is 0.333. The van der Waals surface area contributed by atoms with E-state index in [4.69, 9.17) is 16.3 Å². The Balaban J connectivity index is 1.71. The number of carbonyl (C=O) groups is 2. The average Bonchev–Trinajstić information content (AvgIpc) is 3.11. The van der Waals surface area contributed by atoms with Crippen molar-refractivity contribution in [2.45, 2.75) is 32.7 Å². The van der Waals surface area contributed by atoms with E-state index in [1.807, 2.05) is 25.1 Å². The maximum atomic E-state index is 12.6. The number of ether oxygens (including phenoxy) is 1. The van der Waals surface area contributed by atoms with Crippen molar-refractivity contribution in [1.82, 2.24) is 0 Å². The van der Waals surface area contributed by atoms with Crippen molar-refractivity contribution in [3.63, 3.8) is 0 Å². The highest BCUT2D eigenvalue weighted by atomic mass is 35.5. The third-order valence-corrected chi connectivity index (χ3v) is 5.26. The van der Waals surface area contributed by atoms with E-state index in [0.717, 1.165) is 23.4 Å². The number of benzene rings is 2. The van der Waals surface area contributed by atoms with Gasteiger partial charge in [-0.1, -0.05) is 17.7 Å². The van der Waals surface area contributed by atoms with Crippen molar-refractivity contribution < 1.29 is 14.3 Å². The van der Waals surface area contributed by atoms with Gasteiger partial charge in [-0.3, -0.25) is 9.59 Å². The molecule has 28 heavy (non-hydrogen) atoms. The Kier molecular flexibility index (Phi) is 6.09. The zero-order chi connectivity index (χ0) is 20.3. The summed E-state index contributed by atoms with van der Waals surface area (Å²) >= 11 is 6.11. The summed E-state index contributed by atoms with van der Waals surface area (Å²) in [5.41, 5.74) is 3.00. The molecule has 2 N–H and O–H groups in total. The molecule has 2 aromatic carbocycles. The van der Waals surface area contributed by atoms with E-state index < -0.39 is 6.04 Å². The Morgan fingerprint density at radius 2 is 2.07 bits per heavy atom. The molecule has 148 valence electrons. The minimum absolute atomic E-state index is 0.101. The van der Waals surface area contributed by atoms with Crippen LogP contribution in [0.2, 0.25) is 5.02 Å². The normalized spacial score (nSPS) is 14.7. The van der Waals surface area contributed by atoms with Crippen LogP contribution in [-0.4, -0.2) is 31.5 Å². The van der Waals surface area contributed by atoms with Crippen LogP contribution in [0, 0.1) is 6.92 Å². The van der Waals surface area contributed by atoms with Crippen LogP contribution >= 0.6 is 11.6 Å². The van der Waals surface area contributed by atoms with Crippen LogP contribution in [0.1, 0.15) is 25.3 Å². The van der Waals surface area contributed by atoms with Gasteiger partial charge in [-0.2, -0.15) is 0 Å². The maximum Gasteiger partial charge on any atom is 0.246 e. The van der Waals surface area contributed by atoms with E-state index in [0.29, 0.717) is 29.4 Å². The molecule has 0 bridgehead atoms. The molecule has 0 radical (unpaired) electrons. The van der Waals surface area contributed by atoms with Gasteiger partial charge in [0.1, 0.15) is 11.8 Å². The highest BCUT2D eigenvalue weighted by molar-refractivity contribution is 6.31. The summed E-state index contributed by atoms with van der Waals surface area (Å²) in [6.07, 6.45) is 1.41. The van der Waals surface area contributed by atoms with Crippen LogP contribution in [0.5, 0.6) is 5.75 Å². The lowest BCUT2D eigenvalue weighted by atomic mass is 10.2. The molecule has 0 saturated carbocycles. The van der Waals surface area contributed by atoms with Crippen LogP contribution in [0.15, 0.2) is 36.4 Å². The Hall–Kier alpha value is -2.73. The van der Waals surface area contributed by atoms with E-state index in [1.54, 1.807) is 37.1 Å². The fourth-order valence-electron chi connectivity index (χ4n) is 3.19. The quantitative estimate of drug-likeness (QED) is 0.760. The zero-order valence-corrected chi connectivity index (χ0v) is 17.0. The Bertz CT molecular complexity index is 900. The standard InChI is InChI=1S/C21H24ClN3O3/c1-13-16(22)6-4-7-17(13)24-21(27)14(2)23-15-9-10-18(19(12-15)28-3)25-11-5-8-20(25)26/h4,6-7,9-10,12,14,23H,5,8,11H2,1-3H3,(H,24,27)/t14-/m0/s1. The van der Waals surface area contributed by atoms with E-state index in [1.165, 1.54) is 0 Å². The number of anilines is 3. The predicted molar refractivity (Wildman–Crippen MR) is 112 cm³/mol. The molecule has 3 rings (SSSR count). The van der Waals surface area contributed by atoms with E-state index >= 15 is 0 Å². The second-order valence-electron chi connectivity index (χ2n) is 6.80. The third-order valence-electron chi connectivity index (χ3n) is 4.85. The first-order valence-corrected chi connectivity index (χ1v) is 9.59. The molecule has 1 saturated heterocycles. The van der Waals surface area contributed by atoms with E-state index in [-0.39, 0.29) is 11.8 Å². The fourth-order valence-corrected chi connectivity index (χ4v) is 3.37. The molecule has 7 heteroatoms. The lowest BCUT2D eigenvalue weighted by Gasteiger charge is -2.21. The second-order valence-corrected chi connectivity index (χ2v) is 7.21. The van der Waals surface area contributed by atoms with Gasteiger partial charge >= 0.3 is 0 Å². The first kappa shape index (κ1) is 20.0.